The molecule has 1 amide bonds. The molecule has 2 rings (SSSR count). The second kappa shape index (κ2) is 10.5. The van der Waals surface area contributed by atoms with Gasteiger partial charge in [-0.05, 0) is 50.1 Å². The molecular formula is C18H27ClN2O3. The molecule has 1 fully saturated rings. The van der Waals surface area contributed by atoms with Crippen LogP contribution < -0.4 is 10.1 Å². The lowest BCUT2D eigenvalue weighted by Crippen LogP contribution is -2.38. The largest absolute Gasteiger partial charge is 0.493 e. The van der Waals surface area contributed by atoms with E-state index in [1.54, 1.807) is 0 Å². The summed E-state index contributed by atoms with van der Waals surface area (Å²) in [5, 5.41) is 3.67. The van der Waals surface area contributed by atoms with E-state index in [1.807, 2.05) is 25.1 Å². The number of hydrogen-bond acceptors (Lipinski definition) is 4. The van der Waals surface area contributed by atoms with Crippen molar-refractivity contribution in [2.45, 2.75) is 26.2 Å². The minimum Gasteiger partial charge on any atom is -0.493 e. The van der Waals surface area contributed by atoms with E-state index in [2.05, 4.69) is 10.2 Å². The molecule has 1 aromatic rings. The van der Waals surface area contributed by atoms with Crippen LogP contribution in [-0.4, -0.2) is 56.8 Å². The zero-order valence-electron chi connectivity index (χ0n) is 14.4. The van der Waals surface area contributed by atoms with E-state index in [-0.39, 0.29) is 5.91 Å². The van der Waals surface area contributed by atoms with Crippen molar-refractivity contribution in [3.05, 3.63) is 28.8 Å². The van der Waals surface area contributed by atoms with E-state index in [4.69, 9.17) is 21.1 Å². The topological polar surface area (TPSA) is 50.8 Å². The Hall–Kier alpha value is -1.30. The number of benzene rings is 1. The third kappa shape index (κ3) is 7.07. The molecule has 1 aliphatic rings. The summed E-state index contributed by atoms with van der Waals surface area (Å²) >= 11 is 5.91. The van der Waals surface area contributed by atoms with E-state index < -0.39 is 0 Å². The Labute approximate surface area is 149 Å². The summed E-state index contributed by atoms with van der Waals surface area (Å²) in [4.78, 5) is 14.2. The van der Waals surface area contributed by atoms with Gasteiger partial charge in [0.25, 0.3) is 0 Å². The van der Waals surface area contributed by atoms with Gasteiger partial charge < -0.3 is 14.8 Å². The SMILES string of the molecule is Cc1cc(Cl)ccc1OCCCC(=O)NCCCN1CCOCC1. The highest BCUT2D eigenvalue weighted by molar-refractivity contribution is 6.30. The highest BCUT2D eigenvalue weighted by atomic mass is 35.5. The number of morpholine rings is 1. The van der Waals surface area contributed by atoms with Gasteiger partial charge >= 0.3 is 0 Å². The van der Waals surface area contributed by atoms with Crippen LogP contribution in [0, 0.1) is 6.92 Å². The van der Waals surface area contributed by atoms with Crippen molar-refractivity contribution in [2.24, 2.45) is 0 Å². The van der Waals surface area contributed by atoms with Gasteiger partial charge in [0, 0.05) is 31.1 Å². The molecule has 134 valence electrons. The van der Waals surface area contributed by atoms with Crippen molar-refractivity contribution < 1.29 is 14.3 Å². The Bertz CT molecular complexity index is 519. The minimum atomic E-state index is 0.0911. The maximum absolute atomic E-state index is 11.8. The lowest BCUT2D eigenvalue weighted by molar-refractivity contribution is -0.121. The molecule has 0 saturated carbocycles. The van der Waals surface area contributed by atoms with Crippen LogP contribution in [0.2, 0.25) is 5.02 Å². The lowest BCUT2D eigenvalue weighted by Gasteiger charge is -2.26. The Morgan fingerprint density at radius 2 is 2.12 bits per heavy atom. The van der Waals surface area contributed by atoms with E-state index in [1.165, 1.54) is 0 Å². The molecule has 0 aromatic heterocycles. The number of nitrogens with zero attached hydrogens (tertiary/aromatic N) is 1. The molecule has 0 atom stereocenters. The highest BCUT2D eigenvalue weighted by Crippen LogP contribution is 2.21. The smallest absolute Gasteiger partial charge is 0.220 e. The number of aryl methyl sites for hydroxylation is 1. The van der Waals surface area contributed by atoms with Crippen LogP contribution in [0.1, 0.15) is 24.8 Å². The van der Waals surface area contributed by atoms with E-state index in [0.29, 0.717) is 24.5 Å². The van der Waals surface area contributed by atoms with Gasteiger partial charge in [-0.1, -0.05) is 11.6 Å². The molecular weight excluding hydrogens is 328 g/mol. The lowest BCUT2D eigenvalue weighted by atomic mass is 10.2. The summed E-state index contributed by atoms with van der Waals surface area (Å²) in [5.74, 6) is 0.915. The van der Waals surface area contributed by atoms with Crippen molar-refractivity contribution in [2.75, 3.05) is 46.0 Å². The second-order valence-electron chi connectivity index (χ2n) is 6.02. The third-order valence-electron chi connectivity index (χ3n) is 4.02. The first-order valence-electron chi connectivity index (χ1n) is 8.61. The first-order chi connectivity index (χ1) is 11.6. The summed E-state index contributed by atoms with van der Waals surface area (Å²) in [6, 6.07) is 5.55. The van der Waals surface area contributed by atoms with E-state index >= 15 is 0 Å². The number of hydrogen-bond donors (Lipinski definition) is 1. The van der Waals surface area contributed by atoms with Crippen molar-refractivity contribution in [3.63, 3.8) is 0 Å². The number of ether oxygens (including phenoxy) is 2. The maximum Gasteiger partial charge on any atom is 0.220 e. The number of carbonyl (C=O) groups excluding carboxylic acids is 1. The predicted octanol–water partition coefficient (Wildman–Crippen LogP) is 2.65. The summed E-state index contributed by atoms with van der Waals surface area (Å²) in [5.41, 5.74) is 1.01. The standard InChI is InChI=1S/C18H27ClN2O3/c1-15-14-16(19)5-6-17(15)24-11-2-4-18(22)20-7-3-8-21-9-12-23-13-10-21/h5-6,14H,2-4,7-13H2,1H3,(H,20,22). The molecule has 5 nitrogen and oxygen atoms in total. The molecule has 1 heterocycles. The van der Waals surface area contributed by atoms with Gasteiger partial charge in [0.1, 0.15) is 5.75 Å². The zero-order chi connectivity index (χ0) is 17.2. The predicted molar refractivity (Wildman–Crippen MR) is 95.8 cm³/mol. The fourth-order valence-corrected chi connectivity index (χ4v) is 2.86. The molecule has 24 heavy (non-hydrogen) atoms. The fourth-order valence-electron chi connectivity index (χ4n) is 2.63. The van der Waals surface area contributed by atoms with Crippen molar-refractivity contribution >= 4 is 17.5 Å². The molecule has 0 bridgehead atoms. The number of halogens is 1. The summed E-state index contributed by atoms with van der Waals surface area (Å²) in [6.45, 7) is 7.87. The molecule has 0 spiro atoms. The monoisotopic (exact) mass is 354 g/mol. The fraction of sp³-hybridized carbons (Fsp3) is 0.611. The number of carbonyl (C=O) groups is 1. The Morgan fingerprint density at radius 3 is 2.88 bits per heavy atom. The normalized spacial score (nSPS) is 15.2. The quantitative estimate of drug-likeness (QED) is 0.693. The highest BCUT2D eigenvalue weighted by Gasteiger charge is 2.09. The van der Waals surface area contributed by atoms with Gasteiger partial charge in [0.15, 0.2) is 0 Å². The zero-order valence-corrected chi connectivity index (χ0v) is 15.1. The summed E-state index contributed by atoms with van der Waals surface area (Å²) < 4.78 is 11.0. The van der Waals surface area contributed by atoms with Gasteiger partial charge in [-0.15, -0.1) is 0 Å². The van der Waals surface area contributed by atoms with E-state index in [9.17, 15) is 4.79 Å². The molecule has 6 heteroatoms. The molecule has 0 radical (unpaired) electrons. The Balaban J connectivity index is 1.50. The van der Waals surface area contributed by atoms with Crippen molar-refractivity contribution in [1.29, 1.82) is 0 Å². The van der Waals surface area contributed by atoms with Gasteiger partial charge in [-0.25, -0.2) is 0 Å². The summed E-state index contributed by atoms with van der Waals surface area (Å²) in [6.07, 6.45) is 2.17. The number of amides is 1. The molecule has 1 saturated heterocycles. The van der Waals surface area contributed by atoms with Gasteiger partial charge in [-0.3, -0.25) is 9.69 Å². The first kappa shape index (κ1) is 19.0. The first-order valence-corrected chi connectivity index (χ1v) is 8.99. The van der Waals surface area contributed by atoms with Gasteiger partial charge in [-0.2, -0.15) is 0 Å². The van der Waals surface area contributed by atoms with Crippen LogP contribution in [-0.2, 0) is 9.53 Å². The van der Waals surface area contributed by atoms with Crippen LogP contribution in [0.15, 0.2) is 18.2 Å². The van der Waals surface area contributed by atoms with Crippen molar-refractivity contribution in [1.82, 2.24) is 10.2 Å². The molecule has 1 N–H and O–H groups in total. The summed E-state index contributed by atoms with van der Waals surface area (Å²) in [7, 11) is 0. The average molecular weight is 355 g/mol. The van der Waals surface area contributed by atoms with Gasteiger partial charge in [0.2, 0.25) is 5.91 Å². The molecule has 1 aromatic carbocycles. The molecule has 0 aliphatic carbocycles. The maximum atomic E-state index is 11.8. The van der Waals surface area contributed by atoms with E-state index in [0.717, 1.165) is 57.1 Å². The van der Waals surface area contributed by atoms with Gasteiger partial charge in [0.05, 0.1) is 19.8 Å². The number of nitrogens with one attached hydrogen (secondary N) is 1. The van der Waals surface area contributed by atoms with Crippen LogP contribution in [0.4, 0.5) is 0 Å². The molecule has 1 aliphatic heterocycles. The van der Waals surface area contributed by atoms with Crippen LogP contribution >= 0.6 is 11.6 Å². The average Bonchev–Trinajstić information content (AvgIpc) is 2.58. The second-order valence-corrected chi connectivity index (χ2v) is 6.46. The third-order valence-corrected chi connectivity index (χ3v) is 4.25. The Morgan fingerprint density at radius 1 is 1.33 bits per heavy atom. The minimum absolute atomic E-state index is 0.0911. The number of rotatable bonds is 9. The Kier molecular flexibility index (Phi) is 8.36. The molecule has 0 unspecified atom stereocenters. The van der Waals surface area contributed by atoms with Crippen molar-refractivity contribution in [3.8, 4) is 5.75 Å². The van der Waals surface area contributed by atoms with Crippen LogP contribution in [0.25, 0.3) is 0 Å². The van der Waals surface area contributed by atoms with Crippen LogP contribution in [0.5, 0.6) is 5.75 Å². The van der Waals surface area contributed by atoms with Crippen LogP contribution in [0.3, 0.4) is 0 Å².